The maximum atomic E-state index is 2.49. The first kappa shape index (κ1) is 31.9. The van der Waals surface area contributed by atoms with Crippen molar-refractivity contribution in [2.45, 2.75) is 12.8 Å². The molecule has 57 heavy (non-hydrogen) atoms. The van der Waals surface area contributed by atoms with E-state index >= 15 is 0 Å². The second-order valence-corrected chi connectivity index (χ2v) is 15.3. The third-order valence-electron chi connectivity index (χ3n) is 12.1. The van der Waals surface area contributed by atoms with Crippen LogP contribution in [-0.4, -0.2) is 13.7 Å². The average Bonchev–Trinajstić information content (AvgIpc) is 3.92. The lowest BCUT2D eigenvalue weighted by Gasteiger charge is -2.14. The first-order valence-corrected chi connectivity index (χ1v) is 19.9. The van der Waals surface area contributed by atoms with Crippen LogP contribution in [0.25, 0.3) is 99.9 Å². The maximum absolute atomic E-state index is 2.49. The fourth-order valence-electron chi connectivity index (χ4n) is 9.53. The van der Waals surface area contributed by atoms with Gasteiger partial charge in [0.2, 0.25) is 0 Å². The molecule has 1 aliphatic carbocycles. The van der Waals surface area contributed by atoms with Gasteiger partial charge in [0.15, 0.2) is 0 Å². The molecular formula is C54H37N3. The Hall–Kier alpha value is -7.36. The monoisotopic (exact) mass is 727 g/mol. The SMILES string of the molecule is C1=Cc2c(n(-c3ccc(-c4cccc(-n5c6ccccc6c6ccccc65)c4)cc3)c3ccc(-c4ccc5c(c4)c4ccccc4n5-c4ccccc4)cc23)CC1. The van der Waals surface area contributed by atoms with E-state index in [1.807, 2.05) is 0 Å². The zero-order valence-electron chi connectivity index (χ0n) is 31.3. The summed E-state index contributed by atoms with van der Waals surface area (Å²) in [5, 5.41) is 6.40. The van der Waals surface area contributed by atoms with E-state index in [4.69, 9.17) is 0 Å². The third kappa shape index (κ3) is 4.92. The van der Waals surface area contributed by atoms with Gasteiger partial charge in [-0.05, 0) is 114 Å². The van der Waals surface area contributed by atoms with E-state index in [0.29, 0.717) is 0 Å². The molecule has 0 fully saturated rings. The molecule has 1 aliphatic rings. The second-order valence-electron chi connectivity index (χ2n) is 15.3. The highest BCUT2D eigenvalue weighted by Crippen LogP contribution is 2.40. The van der Waals surface area contributed by atoms with E-state index in [9.17, 15) is 0 Å². The molecule has 0 N–H and O–H groups in total. The molecule has 0 spiro atoms. The molecule has 8 aromatic carbocycles. The van der Waals surface area contributed by atoms with Gasteiger partial charge < -0.3 is 13.7 Å². The summed E-state index contributed by atoms with van der Waals surface area (Å²) in [6.07, 6.45) is 6.73. The van der Waals surface area contributed by atoms with Crippen molar-refractivity contribution >= 4 is 60.6 Å². The standard InChI is InChI=1S/C54H37N3/c1-2-14-40(15-3-1)55-51-23-10-6-19-45(51)47-34-38(27-31-53(47)55)39-28-32-54-48(35-39)46-20-7-11-24-52(46)56(54)41-29-25-36(26-30-41)37-13-12-16-42(33-37)57-49-21-8-4-17-43(49)44-18-5-9-22-50(44)57/h1-10,12-23,25-35H,11,24H2. The van der Waals surface area contributed by atoms with E-state index in [1.54, 1.807) is 0 Å². The van der Waals surface area contributed by atoms with Crippen LogP contribution in [0.5, 0.6) is 0 Å². The van der Waals surface area contributed by atoms with Gasteiger partial charge in [0, 0.05) is 55.3 Å². The van der Waals surface area contributed by atoms with Crippen LogP contribution in [0.2, 0.25) is 0 Å². The van der Waals surface area contributed by atoms with Gasteiger partial charge >= 0.3 is 0 Å². The fraction of sp³-hybridized carbons (Fsp3) is 0.0370. The van der Waals surface area contributed by atoms with Crippen LogP contribution in [-0.2, 0) is 6.42 Å². The minimum atomic E-state index is 1.02. The summed E-state index contributed by atoms with van der Waals surface area (Å²) in [4.78, 5) is 0. The van der Waals surface area contributed by atoms with Crippen LogP contribution in [0.1, 0.15) is 17.7 Å². The Bertz CT molecular complexity index is 3340. The highest BCUT2D eigenvalue weighted by Gasteiger charge is 2.20. The smallest absolute Gasteiger partial charge is 0.0541 e. The molecule has 3 heterocycles. The molecule has 12 rings (SSSR count). The summed E-state index contributed by atoms with van der Waals surface area (Å²) in [5.74, 6) is 0. The van der Waals surface area contributed by atoms with Crippen molar-refractivity contribution in [2.24, 2.45) is 0 Å². The Labute approximate surface area is 330 Å². The van der Waals surface area contributed by atoms with Crippen LogP contribution >= 0.6 is 0 Å². The number of rotatable bonds is 5. The molecule has 0 saturated carbocycles. The number of hydrogen-bond donors (Lipinski definition) is 0. The molecule has 11 aromatic rings. The maximum Gasteiger partial charge on any atom is 0.0541 e. The van der Waals surface area contributed by atoms with Gasteiger partial charge in [-0.25, -0.2) is 0 Å². The summed E-state index contributed by atoms with van der Waals surface area (Å²) in [6, 6.07) is 69.0. The number of benzene rings is 8. The van der Waals surface area contributed by atoms with Crippen LogP contribution in [0, 0.1) is 0 Å². The van der Waals surface area contributed by atoms with E-state index < -0.39 is 0 Å². The van der Waals surface area contributed by atoms with Crippen molar-refractivity contribution in [3.05, 3.63) is 205 Å². The summed E-state index contributed by atoms with van der Waals surface area (Å²) in [5.41, 5.74) is 17.3. The number of hydrogen-bond acceptors (Lipinski definition) is 0. The number of allylic oxidation sites excluding steroid dienone is 1. The predicted octanol–water partition coefficient (Wildman–Crippen LogP) is 14.1. The molecule has 3 heteroatoms. The quantitative estimate of drug-likeness (QED) is 0.168. The Morgan fingerprint density at radius 3 is 1.49 bits per heavy atom. The average molecular weight is 728 g/mol. The molecule has 0 amide bonds. The largest absolute Gasteiger partial charge is 0.313 e. The molecule has 0 saturated heterocycles. The van der Waals surface area contributed by atoms with Gasteiger partial charge in [-0.3, -0.25) is 0 Å². The molecular weight excluding hydrogens is 691 g/mol. The second kappa shape index (κ2) is 12.6. The van der Waals surface area contributed by atoms with Crippen molar-refractivity contribution in [3.8, 4) is 39.3 Å². The predicted molar refractivity (Wildman–Crippen MR) is 240 cm³/mol. The zero-order chi connectivity index (χ0) is 37.5. The van der Waals surface area contributed by atoms with Gasteiger partial charge in [-0.2, -0.15) is 0 Å². The van der Waals surface area contributed by atoms with Gasteiger partial charge in [0.05, 0.1) is 27.6 Å². The molecule has 0 aliphatic heterocycles. The lowest BCUT2D eigenvalue weighted by atomic mass is 9.98. The molecule has 0 bridgehead atoms. The van der Waals surface area contributed by atoms with E-state index in [0.717, 1.165) is 12.8 Å². The van der Waals surface area contributed by atoms with Crippen LogP contribution < -0.4 is 0 Å². The molecule has 0 atom stereocenters. The van der Waals surface area contributed by atoms with Gasteiger partial charge in [-0.15, -0.1) is 0 Å². The lowest BCUT2D eigenvalue weighted by Crippen LogP contribution is -2.02. The topological polar surface area (TPSA) is 14.8 Å². The summed E-state index contributed by atoms with van der Waals surface area (Å²) in [6.45, 7) is 0. The number of fused-ring (bicyclic) bond motifs is 9. The molecule has 268 valence electrons. The van der Waals surface area contributed by atoms with Crippen molar-refractivity contribution < 1.29 is 0 Å². The van der Waals surface area contributed by atoms with Crippen molar-refractivity contribution in [1.29, 1.82) is 0 Å². The Kier molecular flexibility index (Phi) is 7.05. The van der Waals surface area contributed by atoms with Crippen LogP contribution in [0.15, 0.2) is 194 Å². The number of para-hydroxylation sites is 4. The minimum Gasteiger partial charge on any atom is -0.313 e. The van der Waals surface area contributed by atoms with Crippen LogP contribution in [0.4, 0.5) is 0 Å². The zero-order valence-corrected chi connectivity index (χ0v) is 31.3. The highest BCUT2D eigenvalue weighted by molar-refractivity contribution is 6.11. The Balaban J connectivity index is 0.935. The molecule has 0 unspecified atom stereocenters. The Morgan fingerprint density at radius 1 is 0.316 bits per heavy atom. The highest BCUT2D eigenvalue weighted by atomic mass is 15.0. The van der Waals surface area contributed by atoms with Gasteiger partial charge in [0.25, 0.3) is 0 Å². The Morgan fingerprint density at radius 2 is 0.807 bits per heavy atom. The van der Waals surface area contributed by atoms with Crippen molar-refractivity contribution in [3.63, 3.8) is 0 Å². The molecule has 0 radical (unpaired) electrons. The lowest BCUT2D eigenvalue weighted by molar-refractivity contribution is 0.888. The third-order valence-corrected chi connectivity index (χ3v) is 12.1. The summed E-state index contributed by atoms with van der Waals surface area (Å²) < 4.78 is 7.27. The first-order chi connectivity index (χ1) is 28.3. The van der Waals surface area contributed by atoms with E-state index in [-0.39, 0.29) is 0 Å². The van der Waals surface area contributed by atoms with Gasteiger partial charge in [0.1, 0.15) is 0 Å². The number of nitrogens with zero attached hydrogens (tertiary/aromatic N) is 3. The fourth-order valence-corrected chi connectivity index (χ4v) is 9.53. The molecule has 3 nitrogen and oxygen atoms in total. The van der Waals surface area contributed by atoms with E-state index in [1.165, 1.54) is 105 Å². The van der Waals surface area contributed by atoms with Crippen molar-refractivity contribution in [1.82, 2.24) is 13.7 Å². The minimum absolute atomic E-state index is 1.02. The van der Waals surface area contributed by atoms with Crippen LogP contribution in [0.3, 0.4) is 0 Å². The number of aromatic nitrogens is 3. The van der Waals surface area contributed by atoms with Crippen molar-refractivity contribution in [2.75, 3.05) is 0 Å². The summed E-state index contributed by atoms with van der Waals surface area (Å²) >= 11 is 0. The normalized spacial score (nSPS) is 12.7. The first-order valence-electron chi connectivity index (χ1n) is 19.9. The van der Waals surface area contributed by atoms with E-state index in [2.05, 4.69) is 214 Å². The molecule has 3 aromatic heterocycles. The summed E-state index contributed by atoms with van der Waals surface area (Å²) in [7, 11) is 0. The van der Waals surface area contributed by atoms with Gasteiger partial charge in [-0.1, -0.05) is 121 Å².